The van der Waals surface area contributed by atoms with Crippen LogP contribution in [0.1, 0.15) is 16.9 Å². The van der Waals surface area contributed by atoms with Crippen molar-refractivity contribution < 1.29 is 9.53 Å². The van der Waals surface area contributed by atoms with Gasteiger partial charge in [-0.25, -0.2) is 9.97 Å². The van der Waals surface area contributed by atoms with Gasteiger partial charge < -0.3 is 10.1 Å². The maximum atomic E-state index is 12.1. The average Bonchev–Trinajstić information content (AvgIpc) is 3.35. The van der Waals surface area contributed by atoms with Crippen LogP contribution in [0.4, 0.5) is 0 Å². The number of amides is 1. The van der Waals surface area contributed by atoms with Crippen molar-refractivity contribution in [1.82, 2.24) is 15.3 Å². The number of nitrogens with one attached hydrogen (secondary N) is 1. The highest BCUT2D eigenvalue weighted by molar-refractivity contribution is 7.09. The van der Waals surface area contributed by atoms with Gasteiger partial charge in [-0.1, -0.05) is 17.7 Å². The number of hydrogen-bond donors (Lipinski definition) is 1. The van der Waals surface area contributed by atoms with Crippen molar-refractivity contribution >= 4 is 28.8 Å². The van der Waals surface area contributed by atoms with E-state index in [0.29, 0.717) is 30.2 Å². The molecular weight excluding hydrogens is 382 g/mol. The quantitative estimate of drug-likeness (QED) is 0.682. The van der Waals surface area contributed by atoms with Crippen LogP contribution in [0.2, 0.25) is 5.02 Å². The summed E-state index contributed by atoms with van der Waals surface area (Å²) in [4.78, 5) is 21.4. The van der Waals surface area contributed by atoms with Crippen LogP contribution in [0.5, 0.6) is 5.75 Å². The number of benzene rings is 1. The minimum absolute atomic E-state index is 0.0381. The van der Waals surface area contributed by atoms with E-state index in [-0.39, 0.29) is 12.0 Å². The SMILES string of the molecule is O=C(CCc1cccs1)NCC1Cc2cc(-c3cncnc3)cc(Cl)c2O1. The molecular formula is C20H18ClN3O2S. The van der Waals surface area contributed by atoms with Gasteiger partial charge >= 0.3 is 0 Å². The number of nitrogens with zero attached hydrogens (tertiary/aromatic N) is 2. The van der Waals surface area contributed by atoms with Crippen molar-refractivity contribution in [3.05, 3.63) is 63.8 Å². The molecule has 0 saturated heterocycles. The summed E-state index contributed by atoms with van der Waals surface area (Å²) in [6.07, 6.45) is 6.87. The van der Waals surface area contributed by atoms with E-state index < -0.39 is 0 Å². The molecule has 2 aromatic heterocycles. The molecule has 1 amide bonds. The number of aryl methyl sites for hydroxylation is 1. The number of rotatable bonds is 6. The Morgan fingerprint density at radius 2 is 2.15 bits per heavy atom. The first-order chi connectivity index (χ1) is 13.2. The Morgan fingerprint density at radius 3 is 2.93 bits per heavy atom. The van der Waals surface area contributed by atoms with Gasteiger partial charge in [0.2, 0.25) is 5.91 Å². The first-order valence-electron chi connectivity index (χ1n) is 8.72. The molecule has 0 fully saturated rings. The minimum atomic E-state index is -0.106. The third-order valence-electron chi connectivity index (χ3n) is 4.45. The Balaban J connectivity index is 1.35. The summed E-state index contributed by atoms with van der Waals surface area (Å²) in [7, 11) is 0. The lowest BCUT2D eigenvalue weighted by Crippen LogP contribution is -2.34. The monoisotopic (exact) mass is 399 g/mol. The van der Waals surface area contributed by atoms with Gasteiger partial charge in [-0.05, 0) is 35.6 Å². The summed E-state index contributed by atoms with van der Waals surface area (Å²) in [5, 5.41) is 5.56. The van der Waals surface area contributed by atoms with Crippen LogP contribution in [-0.2, 0) is 17.6 Å². The third kappa shape index (κ3) is 4.28. The minimum Gasteiger partial charge on any atom is -0.486 e. The number of fused-ring (bicyclic) bond motifs is 1. The van der Waals surface area contributed by atoms with Gasteiger partial charge in [0, 0.05) is 41.2 Å². The van der Waals surface area contributed by atoms with Crippen LogP contribution in [0.3, 0.4) is 0 Å². The fraction of sp³-hybridized carbons (Fsp3) is 0.250. The molecule has 0 aliphatic carbocycles. The van der Waals surface area contributed by atoms with Gasteiger partial charge in [-0.2, -0.15) is 0 Å². The lowest BCUT2D eigenvalue weighted by atomic mass is 10.0. The summed E-state index contributed by atoms with van der Waals surface area (Å²) in [5.74, 6) is 0.742. The van der Waals surface area contributed by atoms with Crippen molar-refractivity contribution in [2.45, 2.75) is 25.4 Å². The van der Waals surface area contributed by atoms with E-state index in [2.05, 4.69) is 21.4 Å². The zero-order valence-electron chi connectivity index (χ0n) is 14.5. The van der Waals surface area contributed by atoms with Crippen LogP contribution >= 0.6 is 22.9 Å². The molecule has 5 nitrogen and oxygen atoms in total. The zero-order valence-corrected chi connectivity index (χ0v) is 16.1. The number of hydrogen-bond acceptors (Lipinski definition) is 5. The number of carbonyl (C=O) groups excluding carboxylic acids is 1. The van der Waals surface area contributed by atoms with Crippen LogP contribution in [0.25, 0.3) is 11.1 Å². The molecule has 1 unspecified atom stereocenters. The van der Waals surface area contributed by atoms with E-state index in [1.165, 1.54) is 11.2 Å². The van der Waals surface area contributed by atoms with Crippen LogP contribution in [0, 0.1) is 0 Å². The van der Waals surface area contributed by atoms with Crippen molar-refractivity contribution in [3.63, 3.8) is 0 Å². The molecule has 3 heterocycles. The molecule has 0 bridgehead atoms. The maximum Gasteiger partial charge on any atom is 0.220 e. The second-order valence-corrected chi connectivity index (χ2v) is 7.84. The van der Waals surface area contributed by atoms with Gasteiger partial charge in [-0.3, -0.25) is 4.79 Å². The number of thiophene rings is 1. The Labute approximate surface area is 166 Å². The molecule has 1 aliphatic heterocycles. The average molecular weight is 400 g/mol. The van der Waals surface area contributed by atoms with E-state index >= 15 is 0 Å². The molecule has 7 heteroatoms. The number of ether oxygens (including phenoxy) is 1. The van der Waals surface area contributed by atoms with E-state index in [1.807, 2.05) is 23.6 Å². The predicted molar refractivity (Wildman–Crippen MR) is 106 cm³/mol. The standard InChI is InChI=1S/C20H18ClN3O2S/c21-18-8-13(15-9-22-12-23-10-15)6-14-7-16(26-20(14)18)11-24-19(25)4-3-17-2-1-5-27-17/h1-2,5-6,8-10,12,16H,3-4,7,11H2,(H,24,25). The summed E-state index contributed by atoms with van der Waals surface area (Å²) >= 11 is 8.08. The number of carbonyl (C=O) groups is 1. The fourth-order valence-electron chi connectivity index (χ4n) is 3.12. The topological polar surface area (TPSA) is 64.1 Å². The fourth-order valence-corrected chi connectivity index (χ4v) is 4.12. The first-order valence-corrected chi connectivity index (χ1v) is 9.98. The van der Waals surface area contributed by atoms with Crippen molar-refractivity contribution in [2.75, 3.05) is 6.54 Å². The highest BCUT2D eigenvalue weighted by atomic mass is 35.5. The molecule has 0 saturated carbocycles. The lowest BCUT2D eigenvalue weighted by molar-refractivity contribution is -0.121. The summed E-state index contributed by atoms with van der Waals surface area (Å²) in [6, 6.07) is 7.96. The van der Waals surface area contributed by atoms with E-state index in [9.17, 15) is 4.79 Å². The summed E-state index contributed by atoms with van der Waals surface area (Å²) in [5.41, 5.74) is 2.91. The second kappa shape index (κ2) is 8.06. The van der Waals surface area contributed by atoms with Crippen molar-refractivity contribution in [3.8, 4) is 16.9 Å². The van der Waals surface area contributed by atoms with Crippen LogP contribution in [0.15, 0.2) is 48.4 Å². The van der Waals surface area contributed by atoms with Gasteiger partial charge in [0.05, 0.1) is 11.6 Å². The molecule has 1 N–H and O–H groups in total. The van der Waals surface area contributed by atoms with E-state index in [1.54, 1.807) is 23.7 Å². The van der Waals surface area contributed by atoms with Gasteiger partial charge in [0.1, 0.15) is 18.2 Å². The highest BCUT2D eigenvalue weighted by Crippen LogP contribution is 2.39. The normalized spacial score (nSPS) is 15.2. The van der Waals surface area contributed by atoms with E-state index in [4.69, 9.17) is 16.3 Å². The molecule has 0 spiro atoms. The Hall–Kier alpha value is -2.44. The number of halogens is 1. The Morgan fingerprint density at radius 1 is 1.30 bits per heavy atom. The number of aromatic nitrogens is 2. The molecule has 1 aromatic carbocycles. The Kier molecular flexibility index (Phi) is 5.36. The third-order valence-corrected chi connectivity index (χ3v) is 5.67. The van der Waals surface area contributed by atoms with Gasteiger partial charge in [0.15, 0.2) is 0 Å². The summed E-state index contributed by atoms with van der Waals surface area (Å²) < 4.78 is 5.95. The highest BCUT2D eigenvalue weighted by Gasteiger charge is 2.26. The van der Waals surface area contributed by atoms with Gasteiger partial charge in [-0.15, -0.1) is 11.3 Å². The maximum absolute atomic E-state index is 12.1. The first kappa shape index (κ1) is 17.9. The van der Waals surface area contributed by atoms with E-state index in [0.717, 1.165) is 23.1 Å². The van der Waals surface area contributed by atoms with Crippen molar-refractivity contribution in [2.24, 2.45) is 0 Å². The molecule has 3 aromatic rings. The molecule has 27 heavy (non-hydrogen) atoms. The largest absolute Gasteiger partial charge is 0.486 e. The molecule has 1 atom stereocenters. The molecule has 138 valence electrons. The van der Waals surface area contributed by atoms with Crippen molar-refractivity contribution in [1.29, 1.82) is 0 Å². The van der Waals surface area contributed by atoms with Crippen LogP contribution < -0.4 is 10.1 Å². The molecule has 1 aliphatic rings. The Bertz CT molecular complexity index is 932. The summed E-state index contributed by atoms with van der Waals surface area (Å²) in [6.45, 7) is 0.470. The second-order valence-electron chi connectivity index (χ2n) is 6.40. The lowest BCUT2D eigenvalue weighted by Gasteiger charge is -2.12. The predicted octanol–water partition coefficient (Wildman–Crippen LogP) is 3.91. The molecule has 4 rings (SSSR count). The zero-order chi connectivity index (χ0) is 18.6. The molecule has 0 radical (unpaired) electrons. The van der Waals surface area contributed by atoms with Gasteiger partial charge in [0.25, 0.3) is 0 Å². The van der Waals surface area contributed by atoms with Crippen LogP contribution in [-0.4, -0.2) is 28.5 Å². The smallest absolute Gasteiger partial charge is 0.220 e.